The van der Waals surface area contributed by atoms with Gasteiger partial charge in [0.1, 0.15) is 16.9 Å². The minimum Gasteiger partial charge on any atom is -0.423 e. The van der Waals surface area contributed by atoms with E-state index in [1.54, 1.807) is 24.3 Å². The lowest BCUT2D eigenvalue weighted by Crippen LogP contribution is -2.36. The topological polar surface area (TPSA) is 81.9 Å². The number of aromatic nitrogens is 1. The first-order valence-corrected chi connectivity index (χ1v) is 11.4. The van der Waals surface area contributed by atoms with Crippen LogP contribution in [0.4, 0.5) is 5.13 Å². The molecule has 0 spiro atoms. The molecule has 0 saturated carbocycles. The van der Waals surface area contributed by atoms with E-state index in [9.17, 15) is 9.59 Å². The summed E-state index contributed by atoms with van der Waals surface area (Å²) in [6, 6.07) is 18.2. The number of morpholine rings is 1. The second-order valence-electron chi connectivity index (χ2n) is 7.76. The van der Waals surface area contributed by atoms with Crippen LogP contribution in [0.5, 0.6) is 5.75 Å². The van der Waals surface area contributed by atoms with Crippen LogP contribution >= 0.6 is 11.3 Å². The quantitative estimate of drug-likeness (QED) is 0.169. The average Bonchev–Trinajstić information content (AvgIpc) is 3.27. The fraction of sp³-hybridized carbons (Fsp3) is 0.160. The molecule has 0 unspecified atom stereocenters. The molecular weight excluding hydrogens is 440 g/mol. The molecule has 164 valence electrons. The van der Waals surface area contributed by atoms with Gasteiger partial charge in [-0.25, -0.2) is 14.6 Å². The van der Waals surface area contributed by atoms with Gasteiger partial charge in [0.2, 0.25) is 0 Å². The van der Waals surface area contributed by atoms with Crippen molar-refractivity contribution in [2.45, 2.75) is 0 Å². The van der Waals surface area contributed by atoms with Crippen molar-refractivity contribution in [2.24, 2.45) is 0 Å². The number of rotatable bonds is 3. The Hall–Kier alpha value is -3.75. The molecule has 1 saturated heterocycles. The molecule has 8 heteroatoms. The standard InChI is InChI=1S/C25H18N2O5S/c28-23(19-14-18-17-4-2-1-3-15(17)5-8-21(18)32-24(19)29)31-16-6-7-20-22(13-16)33-25(26-20)27-9-11-30-12-10-27/h1-8,13-14H,9-12H2. The van der Waals surface area contributed by atoms with E-state index in [4.69, 9.17) is 13.9 Å². The van der Waals surface area contributed by atoms with Crippen LogP contribution in [-0.4, -0.2) is 37.3 Å². The summed E-state index contributed by atoms with van der Waals surface area (Å²) in [6.07, 6.45) is 0. The minimum absolute atomic E-state index is 0.141. The lowest BCUT2D eigenvalue weighted by molar-refractivity contribution is 0.0731. The first-order chi connectivity index (χ1) is 16.2. The summed E-state index contributed by atoms with van der Waals surface area (Å²) in [5, 5.41) is 3.49. The Bertz CT molecular complexity index is 1580. The molecular formula is C25H18N2O5S. The minimum atomic E-state index is -0.754. The van der Waals surface area contributed by atoms with Crippen LogP contribution in [-0.2, 0) is 4.74 Å². The van der Waals surface area contributed by atoms with Gasteiger partial charge >= 0.3 is 11.6 Å². The molecule has 3 heterocycles. The summed E-state index contributed by atoms with van der Waals surface area (Å²) >= 11 is 1.54. The van der Waals surface area contributed by atoms with Gasteiger partial charge in [0.05, 0.1) is 23.4 Å². The van der Waals surface area contributed by atoms with E-state index in [1.807, 2.05) is 36.4 Å². The monoisotopic (exact) mass is 458 g/mol. The molecule has 0 aliphatic carbocycles. The van der Waals surface area contributed by atoms with Crippen molar-refractivity contribution in [3.63, 3.8) is 0 Å². The highest BCUT2D eigenvalue weighted by Gasteiger charge is 2.19. The average molecular weight is 458 g/mol. The number of esters is 1. The number of carbonyl (C=O) groups excluding carboxylic acids is 1. The Morgan fingerprint density at radius 2 is 1.85 bits per heavy atom. The summed E-state index contributed by atoms with van der Waals surface area (Å²) in [4.78, 5) is 32.2. The number of anilines is 1. The van der Waals surface area contributed by atoms with Gasteiger partial charge in [0.25, 0.3) is 0 Å². The third-order valence-corrected chi connectivity index (χ3v) is 6.78. The van der Waals surface area contributed by atoms with Gasteiger partial charge in [-0.15, -0.1) is 0 Å². The molecule has 2 aromatic heterocycles. The van der Waals surface area contributed by atoms with Crippen LogP contribution in [0.3, 0.4) is 0 Å². The van der Waals surface area contributed by atoms with Crippen LogP contribution in [0, 0.1) is 0 Å². The normalized spacial score (nSPS) is 14.2. The van der Waals surface area contributed by atoms with Gasteiger partial charge < -0.3 is 18.8 Å². The van der Waals surface area contributed by atoms with Crippen LogP contribution in [0.2, 0.25) is 0 Å². The fourth-order valence-electron chi connectivity index (χ4n) is 4.02. The second kappa shape index (κ2) is 7.99. The molecule has 3 aromatic carbocycles. The maximum absolute atomic E-state index is 12.9. The van der Waals surface area contributed by atoms with Crippen molar-refractivity contribution in [1.82, 2.24) is 4.98 Å². The number of thiazole rings is 1. The van der Waals surface area contributed by atoms with E-state index < -0.39 is 11.6 Å². The Balaban J connectivity index is 1.32. The highest BCUT2D eigenvalue weighted by Crippen LogP contribution is 2.32. The molecule has 0 atom stereocenters. The molecule has 1 aliphatic heterocycles. The van der Waals surface area contributed by atoms with Gasteiger partial charge in [-0.2, -0.15) is 0 Å². The highest BCUT2D eigenvalue weighted by molar-refractivity contribution is 7.22. The van der Waals surface area contributed by atoms with Gasteiger partial charge in [-0.3, -0.25) is 0 Å². The molecule has 6 rings (SSSR count). The molecule has 1 fully saturated rings. The maximum Gasteiger partial charge on any atom is 0.351 e. The van der Waals surface area contributed by atoms with Crippen molar-refractivity contribution in [1.29, 1.82) is 0 Å². The first kappa shape index (κ1) is 19.9. The highest BCUT2D eigenvalue weighted by atomic mass is 32.1. The molecule has 1 aliphatic rings. The number of hydrogen-bond donors (Lipinski definition) is 0. The summed E-state index contributed by atoms with van der Waals surface area (Å²) in [7, 11) is 0. The molecule has 0 amide bonds. The van der Waals surface area contributed by atoms with Crippen molar-refractivity contribution < 1.29 is 18.7 Å². The van der Waals surface area contributed by atoms with Gasteiger partial charge in [0.15, 0.2) is 5.13 Å². The van der Waals surface area contributed by atoms with Crippen LogP contribution in [0.1, 0.15) is 10.4 Å². The number of benzene rings is 3. The SMILES string of the molecule is O=C(Oc1ccc2nc(N3CCOCC3)sc2c1)c1cc2c(ccc3ccccc32)oc1=O. The van der Waals surface area contributed by atoms with Crippen molar-refractivity contribution in [3.8, 4) is 5.75 Å². The molecule has 0 radical (unpaired) electrons. The fourth-order valence-corrected chi connectivity index (χ4v) is 5.07. The van der Waals surface area contributed by atoms with E-state index in [-0.39, 0.29) is 5.56 Å². The van der Waals surface area contributed by atoms with E-state index in [1.165, 1.54) is 11.3 Å². The third kappa shape index (κ3) is 3.63. The van der Waals surface area contributed by atoms with E-state index in [0.717, 1.165) is 39.2 Å². The Kier molecular flexibility index (Phi) is 4.82. The van der Waals surface area contributed by atoms with Crippen molar-refractivity contribution in [3.05, 3.63) is 76.6 Å². The smallest absolute Gasteiger partial charge is 0.351 e. The van der Waals surface area contributed by atoms with E-state index in [2.05, 4.69) is 9.88 Å². The number of hydrogen-bond acceptors (Lipinski definition) is 8. The molecule has 5 aromatic rings. The first-order valence-electron chi connectivity index (χ1n) is 10.6. The predicted octanol–water partition coefficient (Wildman–Crippen LogP) is 4.61. The van der Waals surface area contributed by atoms with Gasteiger partial charge in [-0.05, 0) is 35.0 Å². The zero-order chi connectivity index (χ0) is 22.4. The summed E-state index contributed by atoms with van der Waals surface area (Å²) in [5.41, 5.74) is 0.392. The Morgan fingerprint density at radius 3 is 2.73 bits per heavy atom. The molecule has 0 bridgehead atoms. The van der Waals surface area contributed by atoms with Crippen LogP contribution < -0.4 is 15.3 Å². The van der Waals surface area contributed by atoms with Crippen LogP contribution in [0.15, 0.2) is 69.9 Å². The lowest BCUT2D eigenvalue weighted by Gasteiger charge is -2.25. The maximum atomic E-state index is 12.9. The predicted molar refractivity (Wildman–Crippen MR) is 128 cm³/mol. The zero-order valence-corrected chi connectivity index (χ0v) is 18.3. The van der Waals surface area contributed by atoms with Gasteiger partial charge in [-0.1, -0.05) is 41.7 Å². The number of carbonyl (C=O) groups is 1. The largest absolute Gasteiger partial charge is 0.423 e. The van der Waals surface area contributed by atoms with E-state index >= 15 is 0 Å². The Morgan fingerprint density at radius 1 is 1.00 bits per heavy atom. The lowest BCUT2D eigenvalue weighted by atomic mass is 10.0. The molecule has 7 nitrogen and oxygen atoms in total. The van der Waals surface area contributed by atoms with E-state index in [0.29, 0.717) is 29.9 Å². The Labute approximate surface area is 191 Å². The summed E-state index contributed by atoms with van der Waals surface area (Å²) < 4.78 is 17.3. The molecule has 0 N–H and O–H groups in total. The van der Waals surface area contributed by atoms with Crippen molar-refractivity contribution >= 4 is 54.4 Å². The van der Waals surface area contributed by atoms with Crippen LogP contribution in [0.25, 0.3) is 32.0 Å². The summed E-state index contributed by atoms with van der Waals surface area (Å²) in [6.45, 7) is 2.97. The van der Waals surface area contributed by atoms with Crippen molar-refractivity contribution in [2.75, 3.05) is 31.2 Å². The number of fused-ring (bicyclic) bond motifs is 4. The number of nitrogens with zero attached hydrogens (tertiary/aromatic N) is 2. The summed E-state index contributed by atoms with van der Waals surface area (Å²) in [5.74, 6) is -0.405. The molecule has 33 heavy (non-hydrogen) atoms. The second-order valence-corrected chi connectivity index (χ2v) is 8.77. The third-order valence-electron chi connectivity index (χ3n) is 5.70. The number of ether oxygens (including phenoxy) is 2. The van der Waals surface area contributed by atoms with Gasteiger partial charge in [0, 0.05) is 24.5 Å². The zero-order valence-electron chi connectivity index (χ0n) is 17.4.